The topological polar surface area (TPSA) is 40.6 Å². The molecule has 0 saturated carbocycles. The van der Waals surface area contributed by atoms with Crippen LogP contribution in [-0.4, -0.2) is 40.5 Å². The van der Waals surface area contributed by atoms with E-state index < -0.39 is 20.2 Å². The molecule has 0 aliphatic heterocycles. The highest BCUT2D eigenvalue weighted by Crippen LogP contribution is 2.42. The van der Waals surface area contributed by atoms with Gasteiger partial charge in [0.1, 0.15) is 0 Å². The van der Waals surface area contributed by atoms with Crippen molar-refractivity contribution in [3.8, 4) is 0 Å². The van der Waals surface area contributed by atoms with E-state index in [9.17, 15) is 12.8 Å². The van der Waals surface area contributed by atoms with Gasteiger partial charge in [-0.2, -0.15) is 17.1 Å². The van der Waals surface area contributed by atoms with Crippen LogP contribution in [0.3, 0.4) is 0 Å². The molecule has 0 N–H and O–H groups in total. The molecule has 0 rings (SSSR count). The predicted octanol–water partition coefficient (Wildman–Crippen LogP) is 3.94. The molecule has 0 aliphatic rings. The van der Waals surface area contributed by atoms with E-state index in [0.29, 0.717) is 6.42 Å². The fourth-order valence-electron chi connectivity index (χ4n) is 1.46. The molecule has 1 atom stereocenters. The molecule has 0 saturated heterocycles. The van der Waals surface area contributed by atoms with Gasteiger partial charge in [0, 0.05) is 26.0 Å². The molecule has 0 aromatic heterocycles. The van der Waals surface area contributed by atoms with Crippen molar-refractivity contribution in [2.24, 2.45) is 0 Å². The Morgan fingerprint density at radius 1 is 1.40 bits per heavy atom. The minimum atomic E-state index is -3.87. The molecule has 0 heterocycles. The average Bonchev–Trinajstić information content (AvgIpc) is 2.31. The highest BCUT2D eigenvalue weighted by Gasteiger charge is 2.38. The lowest BCUT2D eigenvalue weighted by atomic mass is 10.1. The normalized spacial score (nSPS) is 14.8. The van der Waals surface area contributed by atoms with Gasteiger partial charge in [-0.15, -0.1) is 10.3 Å². The minimum absolute atomic E-state index is 0.225. The number of halogens is 3. The summed E-state index contributed by atoms with van der Waals surface area (Å²) in [5.41, 5.74) is 0. The molecule has 0 spiro atoms. The molecule has 1 unspecified atom stereocenters. The largest absolute Gasteiger partial charge is 0.319 e. The summed E-state index contributed by atoms with van der Waals surface area (Å²) < 4.78 is 37.1. The maximum atomic E-state index is 13.5. The lowest BCUT2D eigenvalue weighted by Gasteiger charge is -2.31. The third-order valence-corrected chi connectivity index (χ3v) is 6.04. The van der Waals surface area contributed by atoms with Crippen LogP contribution >= 0.6 is 35.1 Å². The number of alkyl halides is 3. The minimum Gasteiger partial charge on any atom is -0.194 e. The van der Waals surface area contributed by atoms with Crippen LogP contribution in [0.5, 0.6) is 0 Å². The summed E-state index contributed by atoms with van der Waals surface area (Å²) in [4.78, 5) is 0. The smallest absolute Gasteiger partial charge is 0.194 e. The summed E-state index contributed by atoms with van der Waals surface area (Å²) in [6, 6.07) is -0.577. The highest BCUT2D eigenvalue weighted by atomic mass is 35.5. The summed E-state index contributed by atoms with van der Waals surface area (Å²) in [5, 5.41) is 0. The molecule has 0 aliphatic carbocycles. The van der Waals surface area contributed by atoms with E-state index in [-0.39, 0.29) is 11.9 Å². The van der Waals surface area contributed by atoms with Crippen LogP contribution in [0.15, 0.2) is 12.7 Å². The zero-order chi connectivity index (χ0) is 16.0. The van der Waals surface area contributed by atoms with Gasteiger partial charge in [-0.1, -0.05) is 55.5 Å². The Balaban J connectivity index is 5.23. The lowest BCUT2D eigenvalue weighted by Crippen LogP contribution is -2.42. The Morgan fingerprint density at radius 3 is 2.30 bits per heavy atom. The Morgan fingerprint density at radius 2 is 1.95 bits per heavy atom. The highest BCUT2D eigenvalue weighted by molar-refractivity contribution is 8.10. The van der Waals surface area contributed by atoms with Crippen molar-refractivity contribution in [3.05, 3.63) is 12.7 Å². The molecule has 0 bridgehead atoms. The van der Waals surface area contributed by atoms with Crippen molar-refractivity contribution < 1.29 is 12.8 Å². The fourth-order valence-corrected chi connectivity index (χ4v) is 4.62. The summed E-state index contributed by atoms with van der Waals surface area (Å²) in [5.74, 6) is 0. The molecular weight excluding hydrogens is 346 g/mol. The first-order valence-corrected chi connectivity index (χ1v) is 9.09. The van der Waals surface area contributed by atoms with Gasteiger partial charge in [0.15, 0.2) is 0 Å². The fraction of sp³-hybridized carbons (Fsp3) is 0.818. The third-order valence-electron chi connectivity index (χ3n) is 2.53. The number of nitrogens with zero attached hydrogens (tertiary/aromatic N) is 2. The zero-order valence-corrected chi connectivity index (χ0v) is 15.0. The van der Waals surface area contributed by atoms with E-state index in [1.54, 1.807) is 0 Å². The van der Waals surface area contributed by atoms with Crippen LogP contribution in [0.1, 0.15) is 32.6 Å². The molecule has 20 heavy (non-hydrogen) atoms. The average molecular weight is 367 g/mol. The van der Waals surface area contributed by atoms with Crippen LogP contribution < -0.4 is 0 Å². The van der Waals surface area contributed by atoms with Crippen LogP contribution in [0.2, 0.25) is 0 Å². The molecule has 9 heteroatoms. The van der Waals surface area contributed by atoms with E-state index in [1.807, 2.05) is 6.92 Å². The maximum absolute atomic E-state index is 13.5. The standard InChI is InChI=1S/C11H21Cl2FN2O2S2/c1-5-7-8-9-10(6-2)16(19-11(12,13)14)20(17,18)15(3)4/h6,10H,2,5,7-9H2,1,3-4H3. The van der Waals surface area contributed by atoms with Crippen molar-refractivity contribution in [3.63, 3.8) is 0 Å². The zero-order valence-electron chi connectivity index (χ0n) is 11.9. The second-order valence-corrected chi connectivity index (χ2v) is 9.45. The maximum Gasteiger partial charge on any atom is 0.319 e. The molecule has 0 aromatic carbocycles. The lowest BCUT2D eigenvalue weighted by molar-refractivity contribution is 0.420. The second-order valence-electron chi connectivity index (χ2n) is 4.38. The third kappa shape index (κ3) is 6.95. The van der Waals surface area contributed by atoms with Crippen LogP contribution in [-0.2, 0) is 10.2 Å². The first-order valence-electron chi connectivity index (χ1n) is 6.16. The van der Waals surface area contributed by atoms with Gasteiger partial charge < -0.3 is 0 Å². The number of hydrogen-bond acceptors (Lipinski definition) is 3. The van der Waals surface area contributed by atoms with Gasteiger partial charge in [-0.25, -0.2) is 0 Å². The van der Waals surface area contributed by atoms with Crippen molar-refractivity contribution in [1.29, 1.82) is 0 Å². The Hall–Kier alpha value is 0.470. The van der Waals surface area contributed by atoms with Gasteiger partial charge in [-0.05, 0) is 6.42 Å². The molecule has 0 fully saturated rings. The monoisotopic (exact) mass is 366 g/mol. The summed E-state index contributed by atoms with van der Waals surface area (Å²) in [6.45, 7) is 5.65. The van der Waals surface area contributed by atoms with Gasteiger partial charge in [0.05, 0.1) is 6.04 Å². The SMILES string of the molecule is C=CC(CCCCC)N(SC(F)(Cl)Cl)S(=O)(=O)N(C)C. The van der Waals surface area contributed by atoms with Gasteiger partial charge in [-0.3, -0.25) is 0 Å². The molecule has 0 amide bonds. The number of rotatable bonds is 10. The molecular formula is C11H21Cl2FN2O2S2. The van der Waals surface area contributed by atoms with Crippen LogP contribution in [0.25, 0.3) is 0 Å². The van der Waals surface area contributed by atoms with Crippen molar-refractivity contribution in [2.75, 3.05) is 14.1 Å². The van der Waals surface area contributed by atoms with Crippen molar-refractivity contribution >= 4 is 45.4 Å². The summed E-state index contributed by atoms with van der Waals surface area (Å²) in [7, 11) is -1.15. The van der Waals surface area contributed by atoms with Crippen molar-refractivity contribution in [1.82, 2.24) is 8.02 Å². The van der Waals surface area contributed by atoms with E-state index in [1.165, 1.54) is 20.2 Å². The van der Waals surface area contributed by atoms with Gasteiger partial charge in [0.2, 0.25) is 0 Å². The van der Waals surface area contributed by atoms with Crippen LogP contribution in [0.4, 0.5) is 4.39 Å². The summed E-state index contributed by atoms with van der Waals surface area (Å²) >= 11 is 10.8. The predicted molar refractivity (Wildman–Crippen MR) is 85.7 cm³/mol. The first-order chi connectivity index (χ1) is 9.06. The quantitative estimate of drug-likeness (QED) is 0.254. The van der Waals surface area contributed by atoms with E-state index >= 15 is 0 Å². The first kappa shape index (κ1) is 20.5. The number of hydrogen-bond donors (Lipinski definition) is 0. The molecule has 4 nitrogen and oxygen atoms in total. The Bertz CT molecular complexity index is 400. The Labute approximate surface area is 135 Å². The number of unbranched alkanes of at least 4 members (excludes halogenated alkanes) is 2. The van der Waals surface area contributed by atoms with Gasteiger partial charge in [0.25, 0.3) is 10.2 Å². The Kier molecular flexibility index (Phi) is 9.01. The summed E-state index contributed by atoms with van der Waals surface area (Å²) in [6.07, 6.45) is 4.74. The molecule has 0 radical (unpaired) electrons. The molecule has 0 aromatic rings. The second kappa shape index (κ2) is 8.80. The van der Waals surface area contributed by atoms with E-state index in [0.717, 1.165) is 27.3 Å². The van der Waals surface area contributed by atoms with Crippen molar-refractivity contribution in [2.45, 2.75) is 42.6 Å². The van der Waals surface area contributed by atoms with Crippen LogP contribution in [0, 0.1) is 0 Å². The van der Waals surface area contributed by atoms with Gasteiger partial charge >= 0.3 is 3.92 Å². The molecule has 120 valence electrons. The van der Waals surface area contributed by atoms with E-state index in [4.69, 9.17) is 23.2 Å². The van der Waals surface area contributed by atoms with E-state index in [2.05, 4.69) is 6.58 Å².